The van der Waals surface area contributed by atoms with Crippen LogP contribution < -0.4 is 5.73 Å². The molecule has 0 aliphatic heterocycles. The van der Waals surface area contributed by atoms with E-state index in [9.17, 15) is 4.79 Å². The molecule has 1 aliphatic carbocycles. The number of carbonyl (C=O) groups excluding carboxylic acids is 1. The second kappa shape index (κ2) is 13.2. The van der Waals surface area contributed by atoms with E-state index in [2.05, 4.69) is 26.1 Å². The average molecular weight is 333 g/mol. The predicted molar refractivity (Wildman–Crippen MR) is 97.6 cm³/mol. The van der Waals surface area contributed by atoms with Crippen molar-refractivity contribution in [2.24, 2.45) is 17.1 Å². The molecular weight excluding hydrogens is 302 g/mol. The van der Waals surface area contributed by atoms with E-state index in [1.54, 1.807) is 12.5 Å². The van der Waals surface area contributed by atoms with E-state index in [4.69, 9.17) is 10.5 Å². The molecule has 0 aromatic heterocycles. The van der Waals surface area contributed by atoms with Crippen molar-refractivity contribution in [3.8, 4) is 0 Å². The molecule has 130 valence electrons. The number of primary amides is 1. The molecule has 6 N–H and O–H groups in total. The summed E-state index contributed by atoms with van der Waals surface area (Å²) in [7, 11) is 1.64. The highest BCUT2D eigenvalue weighted by Crippen LogP contribution is 2.45. The first kappa shape index (κ1) is 25.5. The first-order valence-corrected chi connectivity index (χ1v) is 7.04. The molecule has 1 fully saturated rings. The maximum Gasteiger partial charge on any atom is 0.220 e. The van der Waals surface area contributed by atoms with E-state index in [1.807, 2.05) is 37.3 Å². The Morgan fingerprint density at radius 3 is 2.32 bits per heavy atom. The first-order valence-electron chi connectivity index (χ1n) is 6.53. The number of amides is 1. The Morgan fingerprint density at radius 2 is 2.00 bits per heavy atom. The second-order valence-corrected chi connectivity index (χ2v) is 5.28. The third-order valence-electron chi connectivity index (χ3n) is 3.23. The second-order valence-electron chi connectivity index (χ2n) is 4.98. The Bertz CT molecular complexity index is 416. The fraction of sp³-hybridized carbons (Fsp3) is 0.438. The van der Waals surface area contributed by atoms with Crippen molar-refractivity contribution in [2.45, 2.75) is 26.7 Å². The zero-order chi connectivity index (χ0) is 15.6. The predicted octanol–water partition coefficient (Wildman–Crippen LogP) is 2.21. The largest absolute Gasteiger partial charge is 0.497 e. The van der Waals surface area contributed by atoms with Crippen molar-refractivity contribution in [3.05, 3.63) is 48.1 Å². The van der Waals surface area contributed by atoms with Gasteiger partial charge in [0.2, 0.25) is 5.91 Å². The van der Waals surface area contributed by atoms with Gasteiger partial charge in [0, 0.05) is 7.34 Å². The lowest BCUT2D eigenvalue weighted by atomic mass is 9.63. The highest BCUT2D eigenvalue weighted by Gasteiger charge is 2.40. The molecule has 0 spiro atoms. The fourth-order valence-electron chi connectivity index (χ4n) is 1.93. The van der Waals surface area contributed by atoms with Crippen LogP contribution in [-0.4, -0.2) is 24.0 Å². The van der Waals surface area contributed by atoms with E-state index in [1.165, 1.54) is 0 Å². The lowest BCUT2D eigenvalue weighted by molar-refractivity contribution is -0.127. The minimum Gasteiger partial charge on any atom is -0.497 e. The molecule has 5 nitrogen and oxygen atoms in total. The fourth-order valence-corrected chi connectivity index (χ4v) is 2.01. The third kappa shape index (κ3) is 9.44. The van der Waals surface area contributed by atoms with Gasteiger partial charge in [0.15, 0.2) is 0 Å². The highest BCUT2D eigenvalue weighted by molar-refractivity contribution is 7.83. The van der Waals surface area contributed by atoms with Gasteiger partial charge < -0.3 is 21.4 Å². The van der Waals surface area contributed by atoms with Crippen molar-refractivity contribution in [1.29, 1.82) is 0 Å². The van der Waals surface area contributed by atoms with Crippen LogP contribution in [0.2, 0.25) is 0 Å². The van der Waals surface area contributed by atoms with E-state index in [0.29, 0.717) is 0 Å². The van der Waals surface area contributed by atoms with Crippen LogP contribution in [0.25, 0.3) is 0 Å². The zero-order valence-electron chi connectivity index (χ0n) is 13.5. The molecule has 0 aromatic carbocycles. The minimum absolute atomic E-state index is 0. The quantitative estimate of drug-likeness (QED) is 0.347. The molecule has 0 bridgehead atoms. The number of nitrogens with two attached hydrogens (primary N) is 1. The van der Waals surface area contributed by atoms with Crippen LogP contribution in [-0.2, 0) is 9.53 Å². The SMILES string of the molecule is C=CC1(C)CC(C(N)=O)C1.C\C=C/C(=C\C=C\S)OC.O.O.[HH]. The van der Waals surface area contributed by atoms with Crippen molar-refractivity contribution < 1.29 is 21.9 Å². The van der Waals surface area contributed by atoms with E-state index < -0.39 is 0 Å². The molecule has 1 rings (SSSR count). The van der Waals surface area contributed by atoms with Crippen molar-refractivity contribution in [3.63, 3.8) is 0 Å². The Hall–Kier alpha value is -1.50. The summed E-state index contributed by atoms with van der Waals surface area (Å²) in [6, 6.07) is 0. The lowest BCUT2D eigenvalue weighted by Crippen LogP contribution is -2.40. The van der Waals surface area contributed by atoms with Gasteiger partial charge in [-0.2, -0.15) is 12.6 Å². The van der Waals surface area contributed by atoms with Crippen LogP contribution in [0.5, 0.6) is 0 Å². The molecule has 0 saturated heterocycles. The number of methoxy groups -OCH3 is 1. The summed E-state index contributed by atoms with van der Waals surface area (Å²) in [6.45, 7) is 7.73. The van der Waals surface area contributed by atoms with E-state index in [-0.39, 0.29) is 29.6 Å². The molecule has 0 atom stereocenters. The van der Waals surface area contributed by atoms with Crippen LogP contribution in [0.15, 0.2) is 48.1 Å². The lowest BCUT2D eigenvalue weighted by Gasteiger charge is -2.41. The molecule has 0 aromatic rings. The van der Waals surface area contributed by atoms with Gasteiger partial charge in [0.05, 0.1) is 7.11 Å². The maximum atomic E-state index is 10.6. The molecule has 1 aliphatic rings. The molecule has 0 unspecified atom stereocenters. The Kier molecular flexibility index (Phi) is 15.3. The minimum atomic E-state index is -0.167. The van der Waals surface area contributed by atoms with Crippen molar-refractivity contribution in [2.75, 3.05) is 7.11 Å². The van der Waals surface area contributed by atoms with Crippen molar-refractivity contribution >= 4 is 18.5 Å². The Balaban J connectivity index is -0.000000139. The Labute approximate surface area is 140 Å². The first-order chi connectivity index (χ1) is 9.42. The number of rotatable bonds is 5. The molecule has 22 heavy (non-hydrogen) atoms. The topological polar surface area (TPSA) is 115 Å². The number of thiol groups is 1. The summed E-state index contributed by atoms with van der Waals surface area (Å²) in [6.07, 6.45) is 11.1. The van der Waals surface area contributed by atoms with Crippen LogP contribution in [0.3, 0.4) is 0 Å². The summed E-state index contributed by atoms with van der Waals surface area (Å²) >= 11 is 3.90. The third-order valence-corrected chi connectivity index (χ3v) is 3.41. The van der Waals surface area contributed by atoms with Crippen LogP contribution in [0.4, 0.5) is 0 Å². The molecule has 6 heteroatoms. The van der Waals surface area contributed by atoms with Gasteiger partial charge in [-0.05, 0) is 42.7 Å². The van der Waals surface area contributed by atoms with Gasteiger partial charge in [-0.15, -0.1) is 6.58 Å². The maximum absolute atomic E-state index is 10.6. The van der Waals surface area contributed by atoms with Crippen molar-refractivity contribution in [1.82, 2.24) is 0 Å². The Morgan fingerprint density at radius 1 is 1.45 bits per heavy atom. The summed E-state index contributed by atoms with van der Waals surface area (Å²) in [4.78, 5) is 10.6. The molecule has 0 radical (unpaired) electrons. The average Bonchev–Trinajstić information content (AvgIpc) is 2.40. The van der Waals surface area contributed by atoms with Gasteiger partial charge in [-0.1, -0.05) is 25.2 Å². The summed E-state index contributed by atoms with van der Waals surface area (Å²) in [5, 5.41) is 1.66. The highest BCUT2D eigenvalue weighted by atomic mass is 32.1. The number of carbonyl (C=O) groups is 1. The van der Waals surface area contributed by atoms with Crippen LogP contribution in [0.1, 0.15) is 28.1 Å². The molecular formula is C16H31NO4S. The monoisotopic (exact) mass is 333 g/mol. The van der Waals surface area contributed by atoms with Gasteiger partial charge in [0.1, 0.15) is 5.76 Å². The van der Waals surface area contributed by atoms with Crippen LogP contribution in [0, 0.1) is 11.3 Å². The van der Waals surface area contributed by atoms with E-state index >= 15 is 0 Å². The smallest absolute Gasteiger partial charge is 0.220 e. The molecule has 1 amide bonds. The number of hydrogen-bond acceptors (Lipinski definition) is 3. The summed E-state index contributed by atoms with van der Waals surface area (Å²) in [5.74, 6) is 0.759. The number of ether oxygens (including phenoxy) is 1. The standard InChI is InChI=1S/C8H13NO.C8H12OS.2H2O.H2/c1-3-8(2)4-6(5-8)7(9)10;1-3-5-8(9-2)6-4-7-10;;;/h3,6H,1,4-5H2,2H3,(H2,9,10);3-7,10H,1-2H3;2*1H2;1H/b;5-3-,7-4+,8-6+;;;. The van der Waals surface area contributed by atoms with Gasteiger partial charge in [-0.3, -0.25) is 4.79 Å². The number of allylic oxidation sites excluding steroid dienone is 5. The van der Waals surface area contributed by atoms with Gasteiger partial charge in [-0.25, -0.2) is 0 Å². The zero-order valence-corrected chi connectivity index (χ0v) is 14.4. The summed E-state index contributed by atoms with van der Waals surface area (Å²) < 4.78 is 4.98. The van der Waals surface area contributed by atoms with E-state index in [0.717, 1.165) is 18.6 Å². The van der Waals surface area contributed by atoms with Crippen LogP contribution >= 0.6 is 12.6 Å². The van der Waals surface area contributed by atoms with Gasteiger partial charge in [0.25, 0.3) is 0 Å². The molecule has 0 heterocycles. The van der Waals surface area contributed by atoms with Gasteiger partial charge >= 0.3 is 0 Å². The summed E-state index contributed by atoms with van der Waals surface area (Å²) in [5.41, 5.74) is 5.28. The normalized spacial score (nSPS) is 23.5. The molecule has 1 saturated carbocycles. The number of hydrogen-bond donors (Lipinski definition) is 2.